The largest absolute Gasteiger partial charge is 0.304 e. The van der Waals surface area contributed by atoms with Crippen LogP contribution in [-0.4, -0.2) is 16.4 Å². The molecule has 0 radical (unpaired) electrons. The molecule has 5 heteroatoms. The molecule has 0 aliphatic carbocycles. The van der Waals surface area contributed by atoms with E-state index in [1.807, 2.05) is 48.5 Å². The molecule has 0 saturated heterocycles. The molecule has 0 unspecified atom stereocenters. The zero-order valence-corrected chi connectivity index (χ0v) is 11.3. The molecule has 5 nitrogen and oxygen atoms in total. The fourth-order valence-corrected chi connectivity index (χ4v) is 2.09. The van der Waals surface area contributed by atoms with Crippen LogP contribution in [0.3, 0.4) is 0 Å². The predicted molar refractivity (Wildman–Crippen MR) is 83.2 cm³/mol. The number of H-pyrrole nitrogens is 1. The Morgan fingerprint density at radius 1 is 1.05 bits per heavy atom. The van der Waals surface area contributed by atoms with Crippen molar-refractivity contribution in [3.63, 3.8) is 0 Å². The Balaban J connectivity index is 1.76. The predicted octanol–water partition coefficient (Wildman–Crippen LogP) is 2.05. The second-order valence-corrected chi connectivity index (χ2v) is 4.55. The second-order valence-electron chi connectivity index (χ2n) is 4.55. The highest BCUT2D eigenvalue weighted by Gasteiger charge is 2.04. The Morgan fingerprint density at radius 2 is 1.76 bits per heavy atom. The van der Waals surface area contributed by atoms with Crippen molar-refractivity contribution in [3.05, 3.63) is 76.2 Å². The SMILES string of the molecule is O=c1[nH]nc(CN/N=C/c2ccccc2)c2ccccc12. The van der Waals surface area contributed by atoms with E-state index < -0.39 is 0 Å². The summed E-state index contributed by atoms with van der Waals surface area (Å²) < 4.78 is 0. The maximum absolute atomic E-state index is 11.7. The number of rotatable bonds is 4. The molecule has 1 aromatic heterocycles. The van der Waals surface area contributed by atoms with Crippen molar-refractivity contribution < 1.29 is 0 Å². The third-order valence-electron chi connectivity index (χ3n) is 3.13. The van der Waals surface area contributed by atoms with Gasteiger partial charge in [0.05, 0.1) is 23.8 Å². The Morgan fingerprint density at radius 3 is 2.57 bits per heavy atom. The molecule has 3 rings (SSSR count). The van der Waals surface area contributed by atoms with E-state index in [0.717, 1.165) is 16.6 Å². The summed E-state index contributed by atoms with van der Waals surface area (Å²) in [4.78, 5) is 11.7. The number of fused-ring (bicyclic) bond motifs is 1. The Bertz CT molecular complexity index is 824. The number of hydrazone groups is 1. The van der Waals surface area contributed by atoms with E-state index in [0.29, 0.717) is 11.9 Å². The zero-order chi connectivity index (χ0) is 14.5. The number of benzene rings is 2. The lowest BCUT2D eigenvalue weighted by Crippen LogP contribution is -2.15. The molecule has 104 valence electrons. The maximum atomic E-state index is 11.7. The molecule has 0 aliphatic rings. The average Bonchev–Trinajstić information content (AvgIpc) is 2.55. The first-order valence-electron chi connectivity index (χ1n) is 6.62. The molecular formula is C16H14N4O. The molecule has 2 N–H and O–H groups in total. The van der Waals surface area contributed by atoms with Gasteiger partial charge in [0.15, 0.2) is 0 Å². The molecule has 0 amide bonds. The number of nitrogens with zero attached hydrogens (tertiary/aromatic N) is 2. The molecule has 3 aromatic rings. The average molecular weight is 278 g/mol. The standard InChI is InChI=1S/C16H14N4O/c21-16-14-9-5-4-8-13(14)15(19-20-16)11-18-17-10-12-6-2-1-3-7-12/h1-10,18H,11H2,(H,20,21)/b17-10+. The Labute approximate surface area is 121 Å². The van der Waals surface area contributed by atoms with Gasteiger partial charge in [-0.2, -0.15) is 10.2 Å². The lowest BCUT2D eigenvalue weighted by atomic mass is 10.1. The fourth-order valence-electron chi connectivity index (χ4n) is 2.09. The van der Waals surface area contributed by atoms with Crippen molar-refractivity contribution >= 4 is 17.0 Å². The normalized spacial score (nSPS) is 11.0. The third kappa shape index (κ3) is 2.97. The van der Waals surface area contributed by atoms with E-state index in [1.165, 1.54) is 0 Å². The topological polar surface area (TPSA) is 70.1 Å². The number of aromatic amines is 1. The second kappa shape index (κ2) is 6.00. The van der Waals surface area contributed by atoms with Gasteiger partial charge in [-0.3, -0.25) is 4.79 Å². The molecule has 0 fully saturated rings. The number of hydrogen-bond donors (Lipinski definition) is 2. The highest BCUT2D eigenvalue weighted by atomic mass is 16.1. The van der Waals surface area contributed by atoms with E-state index in [1.54, 1.807) is 12.3 Å². The third-order valence-corrected chi connectivity index (χ3v) is 3.13. The quantitative estimate of drug-likeness (QED) is 0.567. The lowest BCUT2D eigenvalue weighted by molar-refractivity contribution is 0.719. The van der Waals surface area contributed by atoms with Crippen LogP contribution >= 0.6 is 0 Å². The summed E-state index contributed by atoms with van der Waals surface area (Å²) in [7, 11) is 0. The van der Waals surface area contributed by atoms with E-state index in [-0.39, 0.29) is 5.56 Å². The summed E-state index contributed by atoms with van der Waals surface area (Å²) in [6.07, 6.45) is 1.74. The van der Waals surface area contributed by atoms with Gasteiger partial charge in [0, 0.05) is 5.39 Å². The first-order valence-corrected chi connectivity index (χ1v) is 6.62. The molecule has 0 aliphatic heterocycles. The van der Waals surface area contributed by atoms with Crippen molar-refractivity contribution in [2.24, 2.45) is 5.10 Å². The summed E-state index contributed by atoms with van der Waals surface area (Å²) >= 11 is 0. The molecular weight excluding hydrogens is 264 g/mol. The van der Waals surface area contributed by atoms with Crippen LogP contribution in [0.1, 0.15) is 11.3 Å². The van der Waals surface area contributed by atoms with Gasteiger partial charge in [-0.15, -0.1) is 0 Å². The Kier molecular flexibility index (Phi) is 3.73. The summed E-state index contributed by atoms with van der Waals surface area (Å²) in [5.74, 6) is 0. The molecule has 1 heterocycles. The highest BCUT2D eigenvalue weighted by Crippen LogP contribution is 2.11. The van der Waals surface area contributed by atoms with Crippen LogP contribution in [0.25, 0.3) is 10.8 Å². The molecule has 0 atom stereocenters. The van der Waals surface area contributed by atoms with Crippen LogP contribution in [0, 0.1) is 0 Å². The number of hydrogen-bond acceptors (Lipinski definition) is 4. The maximum Gasteiger partial charge on any atom is 0.272 e. The highest BCUT2D eigenvalue weighted by molar-refractivity contribution is 5.83. The van der Waals surface area contributed by atoms with Crippen LogP contribution in [0.15, 0.2) is 64.5 Å². The van der Waals surface area contributed by atoms with E-state index >= 15 is 0 Å². The number of aromatic nitrogens is 2. The summed E-state index contributed by atoms with van der Waals surface area (Å²) in [5, 5.41) is 12.2. The lowest BCUT2D eigenvalue weighted by Gasteiger charge is -2.04. The van der Waals surface area contributed by atoms with E-state index in [4.69, 9.17) is 0 Å². The monoisotopic (exact) mass is 278 g/mol. The molecule has 21 heavy (non-hydrogen) atoms. The first-order chi connectivity index (χ1) is 10.3. The van der Waals surface area contributed by atoms with Gasteiger partial charge in [-0.1, -0.05) is 48.5 Å². The van der Waals surface area contributed by atoms with Crippen molar-refractivity contribution in [2.45, 2.75) is 6.54 Å². The van der Waals surface area contributed by atoms with Crippen molar-refractivity contribution in [1.29, 1.82) is 0 Å². The van der Waals surface area contributed by atoms with Gasteiger partial charge in [-0.25, -0.2) is 5.10 Å². The fraction of sp³-hybridized carbons (Fsp3) is 0.0625. The summed E-state index contributed by atoms with van der Waals surface area (Å²) in [5.41, 5.74) is 4.55. The Hall–Kier alpha value is -2.95. The van der Waals surface area contributed by atoms with Crippen LogP contribution in [0.2, 0.25) is 0 Å². The van der Waals surface area contributed by atoms with Crippen molar-refractivity contribution in [2.75, 3.05) is 0 Å². The van der Waals surface area contributed by atoms with Gasteiger partial charge in [-0.05, 0) is 11.6 Å². The van der Waals surface area contributed by atoms with Crippen LogP contribution in [-0.2, 0) is 6.54 Å². The van der Waals surface area contributed by atoms with Crippen LogP contribution < -0.4 is 11.0 Å². The minimum absolute atomic E-state index is 0.179. The smallest absolute Gasteiger partial charge is 0.272 e. The first kappa shape index (κ1) is 13.1. The molecule has 0 saturated carbocycles. The van der Waals surface area contributed by atoms with Crippen LogP contribution in [0.4, 0.5) is 0 Å². The summed E-state index contributed by atoms with van der Waals surface area (Å²) in [6, 6.07) is 17.2. The van der Waals surface area contributed by atoms with Gasteiger partial charge >= 0.3 is 0 Å². The van der Waals surface area contributed by atoms with Crippen LogP contribution in [0.5, 0.6) is 0 Å². The molecule has 0 bridgehead atoms. The van der Waals surface area contributed by atoms with E-state index in [9.17, 15) is 4.79 Å². The van der Waals surface area contributed by atoms with Gasteiger partial charge in [0.2, 0.25) is 0 Å². The van der Waals surface area contributed by atoms with Gasteiger partial charge < -0.3 is 5.43 Å². The molecule has 2 aromatic carbocycles. The zero-order valence-electron chi connectivity index (χ0n) is 11.3. The van der Waals surface area contributed by atoms with Gasteiger partial charge in [0.25, 0.3) is 5.56 Å². The molecule has 0 spiro atoms. The number of nitrogens with one attached hydrogen (secondary N) is 2. The minimum atomic E-state index is -0.179. The van der Waals surface area contributed by atoms with Gasteiger partial charge in [0.1, 0.15) is 0 Å². The van der Waals surface area contributed by atoms with E-state index in [2.05, 4.69) is 20.7 Å². The minimum Gasteiger partial charge on any atom is -0.304 e. The summed E-state index contributed by atoms with van der Waals surface area (Å²) in [6.45, 7) is 0.445. The van der Waals surface area contributed by atoms with Crippen molar-refractivity contribution in [1.82, 2.24) is 15.6 Å². The van der Waals surface area contributed by atoms with Crippen molar-refractivity contribution in [3.8, 4) is 0 Å².